The number of carbonyl (C=O) groups is 1. The van der Waals surface area contributed by atoms with E-state index in [-0.39, 0.29) is 11.5 Å². The molecule has 1 aromatic carbocycles. The highest BCUT2D eigenvalue weighted by Crippen LogP contribution is 2.24. The zero-order valence-electron chi connectivity index (χ0n) is 13.0. The lowest BCUT2D eigenvalue weighted by Gasteiger charge is -2.07. The Balaban J connectivity index is 1.55. The minimum atomic E-state index is -0.456. The summed E-state index contributed by atoms with van der Waals surface area (Å²) in [5.41, 5.74) is 1.18. The molecule has 124 valence electrons. The third-order valence-corrected chi connectivity index (χ3v) is 3.56. The Bertz CT molecular complexity index is 973. The molecule has 3 aromatic heterocycles. The van der Waals surface area contributed by atoms with E-state index in [9.17, 15) is 4.79 Å². The fourth-order valence-electron chi connectivity index (χ4n) is 2.40. The van der Waals surface area contributed by atoms with Crippen LogP contribution in [0.25, 0.3) is 11.5 Å². The lowest BCUT2D eigenvalue weighted by molar-refractivity contribution is 0.102. The molecule has 0 aliphatic heterocycles. The maximum absolute atomic E-state index is 12.5. The third kappa shape index (κ3) is 3.05. The van der Waals surface area contributed by atoms with Gasteiger partial charge < -0.3 is 8.83 Å². The number of benzene rings is 1. The van der Waals surface area contributed by atoms with Crippen molar-refractivity contribution in [1.29, 1.82) is 0 Å². The summed E-state index contributed by atoms with van der Waals surface area (Å²) in [6.07, 6.45) is 4.25. The van der Waals surface area contributed by atoms with Crippen molar-refractivity contribution in [2.45, 2.75) is 6.54 Å². The van der Waals surface area contributed by atoms with E-state index in [2.05, 4.69) is 20.5 Å². The number of nitrogens with zero attached hydrogens (tertiary/aromatic N) is 4. The number of furan rings is 1. The van der Waals surface area contributed by atoms with Crippen molar-refractivity contribution >= 4 is 11.9 Å². The Morgan fingerprint density at radius 2 is 2.00 bits per heavy atom. The van der Waals surface area contributed by atoms with Crippen LogP contribution in [-0.2, 0) is 6.54 Å². The Labute approximate surface area is 142 Å². The van der Waals surface area contributed by atoms with Gasteiger partial charge in [-0.15, -0.1) is 10.2 Å². The first-order valence-electron chi connectivity index (χ1n) is 7.52. The number of nitrogens with one attached hydrogen (secondary N) is 1. The molecule has 8 nitrogen and oxygen atoms in total. The molecule has 0 atom stereocenters. The van der Waals surface area contributed by atoms with Crippen LogP contribution in [0.3, 0.4) is 0 Å². The molecule has 0 bridgehead atoms. The van der Waals surface area contributed by atoms with Gasteiger partial charge in [-0.2, -0.15) is 0 Å². The van der Waals surface area contributed by atoms with Crippen molar-refractivity contribution in [3.8, 4) is 11.5 Å². The smallest absolute Gasteiger partial charge is 0.280 e. The lowest BCUT2D eigenvalue weighted by Crippen LogP contribution is -2.17. The lowest BCUT2D eigenvalue weighted by atomic mass is 10.2. The van der Waals surface area contributed by atoms with Gasteiger partial charge in [-0.25, -0.2) is 4.98 Å². The largest absolute Gasteiger partial charge is 0.461 e. The Morgan fingerprint density at radius 3 is 2.80 bits per heavy atom. The average Bonchev–Trinajstić information content (AvgIpc) is 3.37. The van der Waals surface area contributed by atoms with Crippen LogP contribution in [0.15, 0.2) is 70.3 Å². The first kappa shape index (κ1) is 14.9. The van der Waals surface area contributed by atoms with Crippen LogP contribution in [0.1, 0.15) is 16.1 Å². The minimum absolute atomic E-state index is 0.115. The number of hydrogen-bond donors (Lipinski definition) is 1. The second-order valence-electron chi connectivity index (χ2n) is 5.23. The molecule has 0 aliphatic carbocycles. The van der Waals surface area contributed by atoms with Crippen LogP contribution < -0.4 is 5.32 Å². The number of amides is 1. The number of carbonyl (C=O) groups excluding carboxylic acids is 1. The van der Waals surface area contributed by atoms with Gasteiger partial charge in [0.1, 0.15) is 6.33 Å². The van der Waals surface area contributed by atoms with Crippen LogP contribution >= 0.6 is 0 Å². The molecule has 1 amide bonds. The van der Waals surface area contributed by atoms with Gasteiger partial charge in [0.05, 0.1) is 12.8 Å². The van der Waals surface area contributed by atoms with E-state index in [4.69, 9.17) is 8.83 Å². The summed E-state index contributed by atoms with van der Waals surface area (Å²) in [6.45, 7) is 0.535. The number of anilines is 1. The topological polar surface area (TPSA) is 99.0 Å². The number of oxazole rings is 1. The molecule has 1 N–H and O–H groups in total. The summed E-state index contributed by atoms with van der Waals surface area (Å²) in [6, 6.07) is 13.2. The number of aromatic nitrogens is 4. The van der Waals surface area contributed by atoms with E-state index >= 15 is 0 Å². The molecule has 25 heavy (non-hydrogen) atoms. The summed E-state index contributed by atoms with van der Waals surface area (Å²) >= 11 is 0. The quantitative estimate of drug-likeness (QED) is 0.602. The van der Waals surface area contributed by atoms with Gasteiger partial charge in [-0.1, -0.05) is 30.3 Å². The summed E-state index contributed by atoms with van der Waals surface area (Å²) in [5.74, 6) is 0.551. The van der Waals surface area contributed by atoms with Crippen LogP contribution in [0.4, 0.5) is 5.95 Å². The van der Waals surface area contributed by atoms with E-state index in [1.54, 1.807) is 23.0 Å². The van der Waals surface area contributed by atoms with Crippen LogP contribution in [0.2, 0.25) is 0 Å². The van der Waals surface area contributed by atoms with E-state index in [1.165, 1.54) is 12.7 Å². The fourth-order valence-corrected chi connectivity index (χ4v) is 2.40. The van der Waals surface area contributed by atoms with E-state index < -0.39 is 5.91 Å². The average molecular weight is 335 g/mol. The molecule has 0 fully saturated rings. The molecule has 8 heteroatoms. The van der Waals surface area contributed by atoms with Gasteiger partial charge in [0, 0.05) is 0 Å². The highest BCUT2D eigenvalue weighted by Gasteiger charge is 2.21. The monoisotopic (exact) mass is 335 g/mol. The number of rotatable bonds is 5. The van der Waals surface area contributed by atoms with Crippen LogP contribution in [-0.4, -0.2) is 25.7 Å². The highest BCUT2D eigenvalue weighted by atomic mass is 16.4. The Kier molecular flexibility index (Phi) is 3.83. The van der Waals surface area contributed by atoms with Crippen molar-refractivity contribution in [3.05, 3.63) is 72.7 Å². The van der Waals surface area contributed by atoms with E-state index in [0.29, 0.717) is 18.3 Å². The molecule has 0 saturated heterocycles. The van der Waals surface area contributed by atoms with Crippen LogP contribution in [0, 0.1) is 0 Å². The molecule has 0 aliphatic rings. The maximum Gasteiger partial charge on any atom is 0.280 e. The predicted octanol–water partition coefficient (Wildman–Crippen LogP) is 2.83. The van der Waals surface area contributed by atoms with Crippen molar-refractivity contribution in [2.75, 3.05) is 5.32 Å². The first-order valence-corrected chi connectivity index (χ1v) is 7.52. The zero-order valence-corrected chi connectivity index (χ0v) is 13.0. The second kappa shape index (κ2) is 6.44. The molecule has 0 radical (unpaired) electrons. The second-order valence-corrected chi connectivity index (χ2v) is 5.23. The third-order valence-electron chi connectivity index (χ3n) is 3.56. The molecular formula is C17H13N5O3. The summed E-state index contributed by atoms with van der Waals surface area (Å²) in [7, 11) is 0. The van der Waals surface area contributed by atoms with Gasteiger partial charge in [-0.05, 0) is 17.7 Å². The minimum Gasteiger partial charge on any atom is -0.461 e. The maximum atomic E-state index is 12.5. The van der Waals surface area contributed by atoms with Crippen molar-refractivity contribution in [1.82, 2.24) is 19.7 Å². The molecular weight excluding hydrogens is 322 g/mol. The highest BCUT2D eigenvalue weighted by molar-refractivity contribution is 6.05. The van der Waals surface area contributed by atoms with Crippen LogP contribution in [0.5, 0.6) is 0 Å². The Hall–Kier alpha value is -3.68. The van der Waals surface area contributed by atoms with E-state index in [0.717, 1.165) is 5.56 Å². The molecule has 0 unspecified atom stereocenters. The van der Waals surface area contributed by atoms with Gasteiger partial charge in [0.25, 0.3) is 5.91 Å². The SMILES string of the molecule is O=C(Nc1nncn1Cc1ccccc1)c1ncoc1-c1ccco1. The zero-order chi connectivity index (χ0) is 17.1. The van der Waals surface area contributed by atoms with Gasteiger partial charge in [0.2, 0.25) is 11.7 Å². The number of hydrogen-bond acceptors (Lipinski definition) is 6. The van der Waals surface area contributed by atoms with Gasteiger partial charge in [0.15, 0.2) is 17.8 Å². The molecule has 0 saturated carbocycles. The predicted molar refractivity (Wildman–Crippen MR) is 87.7 cm³/mol. The van der Waals surface area contributed by atoms with Crippen molar-refractivity contribution in [3.63, 3.8) is 0 Å². The molecule has 4 aromatic rings. The Morgan fingerprint density at radius 1 is 1.12 bits per heavy atom. The van der Waals surface area contributed by atoms with Crippen molar-refractivity contribution in [2.24, 2.45) is 0 Å². The molecule has 4 rings (SSSR count). The summed E-state index contributed by atoms with van der Waals surface area (Å²) in [4.78, 5) is 16.5. The first-order chi connectivity index (χ1) is 12.3. The normalized spacial score (nSPS) is 10.7. The molecule has 0 spiro atoms. The van der Waals surface area contributed by atoms with E-state index in [1.807, 2.05) is 30.3 Å². The summed E-state index contributed by atoms with van der Waals surface area (Å²) in [5, 5.41) is 10.5. The van der Waals surface area contributed by atoms with Crippen molar-refractivity contribution < 1.29 is 13.6 Å². The standard InChI is InChI=1S/C17H13N5O3/c23-16(14-15(25-11-18-14)13-7-4-8-24-13)20-17-21-19-10-22(17)9-12-5-2-1-3-6-12/h1-8,10-11H,9H2,(H,20,21,23). The molecule has 3 heterocycles. The van der Waals surface area contributed by atoms with Gasteiger partial charge >= 0.3 is 0 Å². The fraction of sp³-hybridized carbons (Fsp3) is 0.0588. The van der Waals surface area contributed by atoms with Gasteiger partial charge in [-0.3, -0.25) is 14.7 Å². The summed E-state index contributed by atoms with van der Waals surface area (Å²) < 4.78 is 12.3.